The Hall–Kier alpha value is -0.830. The largest absolute Gasteiger partial charge is 0.457 e. The number of ether oxygens (including phenoxy) is 1. The molecule has 0 amide bonds. The van der Waals surface area contributed by atoms with Crippen LogP contribution in [0.2, 0.25) is 0 Å². The molecule has 3 nitrogen and oxygen atoms in total. The number of unbranched alkanes of at least 4 members (excludes halogenated alkanes) is 1. The van der Waals surface area contributed by atoms with Crippen LogP contribution in [-0.2, 0) is 9.53 Å². The summed E-state index contributed by atoms with van der Waals surface area (Å²) in [5.41, 5.74) is -0.154. The molecular weight excluding hydrogens is 180 g/mol. The Kier molecular flexibility index (Phi) is 5.46. The maximum atomic E-state index is 11.4. The van der Waals surface area contributed by atoms with E-state index < -0.39 is 11.6 Å². The van der Waals surface area contributed by atoms with Gasteiger partial charge < -0.3 is 9.84 Å². The van der Waals surface area contributed by atoms with E-state index in [1.54, 1.807) is 26.8 Å². The van der Waals surface area contributed by atoms with Crippen molar-refractivity contribution >= 4 is 5.97 Å². The van der Waals surface area contributed by atoms with E-state index in [1.807, 2.05) is 6.92 Å². The standard InChI is InChI=1S/C11H20O3/c1-5-6-7-9(8-12)10(13)14-11(2,3)4/h7,12H,5-6,8H2,1-4H3. The Labute approximate surface area is 85.8 Å². The van der Waals surface area contributed by atoms with Crippen LogP contribution in [0, 0.1) is 0 Å². The van der Waals surface area contributed by atoms with Gasteiger partial charge in [-0.1, -0.05) is 19.4 Å². The molecule has 0 heterocycles. The molecule has 0 unspecified atom stereocenters. The lowest BCUT2D eigenvalue weighted by atomic mass is 10.1. The number of rotatable bonds is 4. The third-order valence-electron chi connectivity index (χ3n) is 1.51. The number of hydrogen-bond donors (Lipinski definition) is 1. The van der Waals surface area contributed by atoms with Crippen molar-refractivity contribution in [3.63, 3.8) is 0 Å². The second-order valence-electron chi connectivity index (χ2n) is 4.18. The Balaban J connectivity index is 4.33. The summed E-state index contributed by atoms with van der Waals surface area (Å²) in [5.74, 6) is -0.423. The summed E-state index contributed by atoms with van der Waals surface area (Å²) in [4.78, 5) is 11.4. The number of aliphatic hydroxyl groups is 1. The third kappa shape index (κ3) is 5.75. The Morgan fingerprint density at radius 3 is 2.36 bits per heavy atom. The van der Waals surface area contributed by atoms with Gasteiger partial charge in [-0.2, -0.15) is 0 Å². The van der Waals surface area contributed by atoms with Crippen LogP contribution in [0.15, 0.2) is 11.6 Å². The first-order valence-electron chi connectivity index (χ1n) is 4.94. The van der Waals surface area contributed by atoms with E-state index in [2.05, 4.69) is 0 Å². The number of carbonyl (C=O) groups is 1. The minimum absolute atomic E-state index is 0.255. The second kappa shape index (κ2) is 5.81. The van der Waals surface area contributed by atoms with Crippen molar-refractivity contribution in [2.45, 2.75) is 46.1 Å². The van der Waals surface area contributed by atoms with Gasteiger partial charge in [-0.05, 0) is 27.2 Å². The molecule has 0 aliphatic heterocycles. The monoisotopic (exact) mass is 200 g/mol. The van der Waals surface area contributed by atoms with Gasteiger partial charge >= 0.3 is 5.97 Å². The molecule has 0 saturated carbocycles. The molecule has 0 aromatic heterocycles. The molecule has 0 aliphatic rings. The van der Waals surface area contributed by atoms with E-state index >= 15 is 0 Å². The number of allylic oxidation sites excluding steroid dienone is 1. The van der Waals surface area contributed by atoms with Crippen LogP contribution in [0.1, 0.15) is 40.5 Å². The van der Waals surface area contributed by atoms with Crippen molar-refractivity contribution in [2.24, 2.45) is 0 Å². The smallest absolute Gasteiger partial charge is 0.336 e. The van der Waals surface area contributed by atoms with Crippen LogP contribution < -0.4 is 0 Å². The van der Waals surface area contributed by atoms with Crippen LogP contribution in [0.25, 0.3) is 0 Å². The average Bonchev–Trinajstić information content (AvgIpc) is 2.02. The molecule has 0 aliphatic carbocycles. The first kappa shape index (κ1) is 13.2. The Bertz CT molecular complexity index is 211. The minimum atomic E-state index is -0.502. The molecule has 0 rings (SSSR count). The van der Waals surface area contributed by atoms with Gasteiger partial charge in [0.15, 0.2) is 0 Å². The van der Waals surface area contributed by atoms with E-state index in [0.717, 1.165) is 12.8 Å². The van der Waals surface area contributed by atoms with Gasteiger partial charge in [0.05, 0.1) is 12.2 Å². The summed E-state index contributed by atoms with van der Waals surface area (Å²) in [6.07, 6.45) is 3.47. The summed E-state index contributed by atoms with van der Waals surface area (Å²) in [6.45, 7) is 7.18. The minimum Gasteiger partial charge on any atom is -0.457 e. The average molecular weight is 200 g/mol. The van der Waals surface area contributed by atoms with Gasteiger partial charge in [0.2, 0.25) is 0 Å². The van der Waals surface area contributed by atoms with Crippen LogP contribution in [0.4, 0.5) is 0 Å². The molecule has 0 radical (unpaired) electrons. The van der Waals surface area contributed by atoms with Crippen LogP contribution in [0.5, 0.6) is 0 Å². The second-order valence-corrected chi connectivity index (χ2v) is 4.18. The highest BCUT2D eigenvalue weighted by atomic mass is 16.6. The highest BCUT2D eigenvalue weighted by molar-refractivity contribution is 5.88. The lowest BCUT2D eigenvalue weighted by Gasteiger charge is -2.20. The number of hydrogen-bond acceptors (Lipinski definition) is 3. The summed E-state index contributed by atoms with van der Waals surface area (Å²) in [6, 6.07) is 0. The third-order valence-corrected chi connectivity index (χ3v) is 1.51. The van der Waals surface area contributed by atoms with Crippen molar-refractivity contribution in [2.75, 3.05) is 6.61 Å². The fourth-order valence-electron chi connectivity index (χ4n) is 0.875. The van der Waals surface area contributed by atoms with Crippen LogP contribution >= 0.6 is 0 Å². The van der Waals surface area contributed by atoms with Gasteiger partial charge in [-0.25, -0.2) is 4.79 Å². The van der Waals surface area contributed by atoms with E-state index in [4.69, 9.17) is 9.84 Å². The fourth-order valence-corrected chi connectivity index (χ4v) is 0.875. The fraction of sp³-hybridized carbons (Fsp3) is 0.727. The van der Waals surface area contributed by atoms with Gasteiger partial charge in [-0.15, -0.1) is 0 Å². The van der Waals surface area contributed by atoms with E-state index in [9.17, 15) is 4.79 Å². The lowest BCUT2D eigenvalue weighted by molar-refractivity contribution is -0.150. The molecular formula is C11H20O3. The van der Waals surface area contributed by atoms with E-state index in [0.29, 0.717) is 5.57 Å². The summed E-state index contributed by atoms with van der Waals surface area (Å²) in [7, 11) is 0. The Morgan fingerprint density at radius 2 is 2.00 bits per heavy atom. The number of esters is 1. The van der Waals surface area contributed by atoms with Gasteiger partial charge in [0, 0.05) is 0 Å². The first-order valence-corrected chi connectivity index (χ1v) is 4.94. The maximum absolute atomic E-state index is 11.4. The number of aliphatic hydroxyl groups excluding tert-OH is 1. The zero-order valence-corrected chi connectivity index (χ0v) is 9.46. The summed E-state index contributed by atoms with van der Waals surface area (Å²) >= 11 is 0. The van der Waals surface area contributed by atoms with Crippen molar-refractivity contribution in [3.8, 4) is 0 Å². The molecule has 82 valence electrons. The SMILES string of the molecule is CCCC=C(CO)C(=O)OC(C)(C)C. The summed E-state index contributed by atoms with van der Waals surface area (Å²) < 4.78 is 5.12. The maximum Gasteiger partial charge on any atom is 0.336 e. The van der Waals surface area contributed by atoms with Gasteiger partial charge in [0.25, 0.3) is 0 Å². The quantitative estimate of drug-likeness (QED) is 0.558. The molecule has 1 N–H and O–H groups in total. The van der Waals surface area contributed by atoms with Crippen molar-refractivity contribution < 1.29 is 14.6 Å². The topological polar surface area (TPSA) is 46.5 Å². The van der Waals surface area contributed by atoms with Crippen molar-refractivity contribution in [1.82, 2.24) is 0 Å². The molecule has 0 atom stereocenters. The Morgan fingerprint density at radius 1 is 1.43 bits per heavy atom. The molecule has 3 heteroatoms. The van der Waals surface area contributed by atoms with Gasteiger partial charge in [-0.3, -0.25) is 0 Å². The van der Waals surface area contributed by atoms with E-state index in [1.165, 1.54) is 0 Å². The molecule has 0 saturated heterocycles. The predicted molar refractivity (Wildman–Crippen MR) is 55.9 cm³/mol. The predicted octanol–water partition coefficient (Wildman–Crippen LogP) is 2.05. The lowest BCUT2D eigenvalue weighted by Crippen LogP contribution is -2.25. The number of carbonyl (C=O) groups excluding carboxylic acids is 1. The molecule has 0 fully saturated rings. The van der Waals surface area contributed by atoms with Crippen molar-refractivity contribution in [3.05, 3.63) is 11.6 Å². The molecule has 0 aromatic carbocycles. The highest BCUT2D eigenvalue weighted by Gasteiger charge is 2.18. The molecule has 0 bridgehead atoms. The van der Waals surface area contributed by atoms with Crippen LogP contribution in [-0.4, -0.2) is 23.3 Å². The molecule has 14 heavy (non-hydrogen) atoms. The van der Waals surface area contributed by atoms with E-state index in [-0.39, 0.29) is 6.61 Å². The van der Waals surface area contributed by atoms with Crippen molar-refractivity contribution in [1.29, 1.82) is 0 Å². The molecule has 0 spiro atoms. The first-order chi connectivity index (χ1) is 6.40. The zero-order chi connectivity index (χ0) is 11.2. The summed E-state index contributed by atoms with van der Waals surface area (Å²) in [5, 5.41) is 8.95. The highest BCUT2D eigenvalue weighted by Crippen LogP contribution is 2.11. The zero-order valence-electron chi connectivity index (χ0n) is 9.46. The van der Waals surface area contributed by atoms with Gasteiger partial charge in [0.1, 0.15) is 5.60 Å². The normalized spacial score (nSPS) is 12.8. The van der Waals surface area contributed by atoms with Crippen LogP contribution in [0.3, 0.4) is 0 Å². The molecule has 0 aromatic rings.